The van der Waals surface area contributed by atoms with E-state index >= 15 is 0 Å². The van der Waals surface area contributed by atoms with Gasteiger partial charge < -0.3 is 5.11 Å². The van der Waals surface area contributed by atoms with Gasteiger partial charge in [0, 0.05) is 25.2 Å². The molecule has 1 aliphatic carbocycles. The number of nitrogens with zero attached hydrogens (tertiary/aromatic N) is 1. The summed E-state index contributed by atoms with van der Waals surface area (Å²) >= 11 is 0. The smallest absolute Gasteiger partial charge is 0.328 e. The van der Waals surface area contributed by atoms with Crippen molar-refractivity contribution >= 4 is 5.97 Å². The Hall–Kier alpha value is -2.65. The molecule has 0 bridgehead atoms. The van der Waals surface area contributed by atoms with Gasteiger partial charge in [-0.2, -0.15) is 0 Å². The summed E-state index contributed by atoms with van der Waals surface area (Å²) in [6.07, 6.45) is 9.14. The van der Waals surface area contributed by atoms with Gasteiger partial charge in [0.1, 0.15) is 0 Å². The van der Waals surface area contributed by atoms with Crippen molar-refractivity contribution in [2.75, 3.05) is 0 Å². The summed E-state index contributed by atoms with van der Waals surface area (Å²) in [5.74, 6) is -0.891. The molecule has 0 heterocycles. The Morgan fingerprint density at radius 2 is 1.44 bits per heavy atom. The maximum Gasteiger partial charge on any atom is 0.328 e. The molecule has 0 amide bonds. The largest absolute Gasteiger partial charge is 0.478 e. The van der Waals surface area contributed by atoms with Crippen molar-refractivity contribution in [2.24, 2.45) is 0 Å². The van der Waals surface area contributed by atoms with E-state index in [1.807, 2.05) is 6.08 Å². The second-order valence-electron chi connectivity index (χ2n) is 7.13. The van der Waals surface area contributed by atoms with Crippen LogP contribution in [0.5, 0.6) is 0 Å². The van der Waals surface area contributed by atoms with Crippen LogP contribution in [0.3, 0.4) is 0 Å². The molecule has 0 atom stereocenters. The van der Waals surface area contributed by atoms with Crippen LogP contribution in [0.25, 0.3) is 0 Å². The normalized spacial score (nSPS) is 17.4. The highest BCUT2D eigenvalue weighted by Crippen LogP contribution is 2.29. The van der Waals surface area contributed by atoms with E-state index in [9.17, 15) is 4.79 Å². The molecular weight excluding hydrogens is 334 g/mol. The zero-order valence-corrected chi connectivity index (χ0v) is 15.6. The van der Waals surface area contributed by atoms with E-state index in [0.717, 1.165) is 38.8 Å². The van der Waals surface area contributed by atoms with Crippen molar-refractivity contribution in [3.8, 4) is 0 Å². The molecule has 140 valence electrons. The van der Waals surface area contributed by atoms with E-state index in [2.05, 4.69) is 65.6 Å². The summed E-state index contributed by atoms with van der Waals surface area (Å²) in [6, 6.07) is 21.9. The van der Waals surface area contributed by atoms with Crippen molar-refractivity contribution < 1.29 is 9.90 Å². The minimum Gasteiger partial charge on any atom is -0.478 e. The molecule has 2 aromatic carbocycles. The molecule has 3 heteroatoms. The molecule has 1 N–H and O–H groups in total. The molecule has 27 heavy (non-hydrogen) atoms. The first kappa shape index (κ1) is 19.1. The number of benzene rings is 2. The fourth-order valence-corrected chi connectivity index (χ4v) is 3.72. The molecule has 1 fully saturated rings. The van der Waals surface area contributed by atoms with Crippen LogP contribution < -0.4 is 0 Å². The summed E-state index contributed by atoms with van der Waals surface area (Å²) in [4.78, 5) is 13.2. The Labute approximate surface area is 161 Å². The molecule has 0 unspecified atom stereocenters. The van der Waals surface area contributed by atoms with Gasteiger partial charge in [-0.1, -0.05) is 78.4 Å². The first-order valence-corrected chi connectivity index (χ1v) is 9.61. The third-order valence-corrected chi connectivity index (χ3v) is 5.14. The SMILES string of the molecule is O=C(O)/C=C/C=C1CCC(N(Cc2ccccc2)Cc2ccccc2)CC1. The number of carboxylic acid groups (broad SMARTS) is 1. The molecule has 0 aliphatic heterocycles. The Morgan fingerprint density at radius 3 is 1.93 bits per heavy atom. The van der Waals surface area contributed by atoms with Gasteiger partial charge in [0.2, 0.25) is 0 Å². The zero-order valence-electron chi connectivity index (χ0n) is 15.6. The average Bonchev–Trinajstić information content (AvgIpc) is 2.69. The van der Waals surface area contributed by atoms with Gasteiger partial charge in [0.05, 0.1) is 0 Å². The summed E-state index contributed by atoms with van der Waals surface area (Å²) in [5.41, 5.74) is 4.04. The van der Waals surface area contributed by atoms with Crippen LogP contribution in [-0.2, 0) is 17.9 Å². The Morgan fingerprint density at radius 1 is 0.926 bits per heavy atom. The fraction of sp³-hybridized carbons (Fsp3) is 0.292. The van der Waals surface area contributed by atoms with Gasteiger partial charge in [-0.15, -0.1) is 0 Å². The van der Waals surface area contributed by atoms with Crippen LogP contribution in [-0.4, -0.2) is 22.0 Å². The number of hydrogen-bond donors (Lipinski definition) is 1. The lowest BCUT2D eigenvalue weighted by molar-refractivity contribution is -0.131. The number of allylic oxidation sites excluding steroid dienone is 3. The van der Waals surface area contributed by atoms with E-state index in [1.54, 1.807) is 6.08 Å². The van der Waals surface area contributed by atoms with Gasteiger partial charge in [-0.3, -0.25) is 4.90 Å². The predicted molar refractivity (Wildman–Crippen MR) is 109 cm³/mol. The highest BCUT2D eigenvalue weighted by molar-refractivity contribution is 5.80. The number of aliphatic carboxylic acids is 1. The number of rotatable bonds is 7. The Bertz CT molecular complexity index is 729. The van der Waals surface area contributed by atoms with Crippen LogP contribution in [0, 0.1) is 0 Å². The zero-order chi connectivity index (χ0) is 18.9. The minimum absolute atomic E-state index is 0.547. The lowest BCUT2D eigenvalue weighted by Crippen LogP contribution is -2.36. The van der Waals surface area contributed by atoms with Crippen LogP contribution in [0.1, 0.15) is 36.8 Å². The third kappa shape index (κ3) is 6.22. The highest BCUT2D eigenvalue weighted by atomic mass is 16.4. The van der Waals surface area contributed by atoms with Gasteiger partial charge in [-0.05, 0) is 36.8 Å². The second kappa shape index (κ2) is 9.89. The summed E-state index contributed by atoms with van der Waals surface area (Å²) in [7, 11) is 0. The first-order chi connectivity index (χ1) is 13.2. The van der Waals surface area contributed by atoms with E-state index in [4.69, 9.17) is 5.11 Å². The standard InChI is InChI=1S/C24H27NO2/c26-24(27)13-7-12-20-14-16-23(17-15-20)25(18-21-8-3-1-4-9-21)19-22-10-5-2-6-11-22/h1-13,23H,14-19H2,(H,26,27)/b13-7+,20-12?. The lowest BCUT2D eigenvalue weighted by atomic mass is 9.89. The first-order valence-electron chi connectivity index (χ1n) is 9.61. The maximum atomic E-state index is 10.6. The molecule has 0 radical (unpaired) electrons. The van der Waals surface area contributed by atoms with Gasteiger partial charge >= 0.3 is 5.97 Å². The minimum atomic E-state index is -0.891. The van der Waals surface area contributed by atoms with E-state index in [1.165, 1.54) is 22.8 Å². The van der Waals surface area contributed by atoms with Crippen molar-refractivity contribution in [1.29, 1.82) is 0 Å². The van der Waals surface area contributed by atoms with Crippen LogP contribution in [0.4, 0.5) is 0 Å². The predicted octanol–water partition coefficient (Wildman–Crippen LogP) is 5.20. The van der Waals surface area contributed by atoms with E-state index in [-0.39, 0.29) is 0 Å². The van der Waals surface area contributed by atoms with Crippen molar-refractivity contribution in [1.82, 2.24) is 4.90 Å². The van der Waals surface area contributed by atoms with Crippen molar-refractivity contribution in [3.05, 3.63) is 95.6 Å². The lowest BCUT2D eigenvalue weighted by Gasteiger charge is -2.35. The number of carbonyl (C=O) groups is 1. The molecule has 0 saturated heterocycles. The highest BCUT2D eigenvalue weighted by Gasteiger charge is 2.23. The molecule has 0 aromatic heterocycles. The number of hydrogen-bond acceptors (Lipinski definition) is 2. The third-order valence-electron chi connectivity index (χ3n) is 5.14. The van der Waals surface area contributed by atoms with Gasteiger partial charge in [0.25, 0.3) is 0 Å². The molecule has 2 aromatic rings. The summed E-state index contributed by atoms with van der Waals surface area (Å²) in [6.45, 7) is 1.91. The Kier molecular flexibility index (Phi) is 7.00. The van der Waals surface area contributed by atoms with E-state index in [0.29, 0.717) is 6.04 Å². The molecule has 3 rings (SSSR count). The molecule has 1 saturated carbocycles. The molecule has 1 aliphatic rings. The van der Waals surface area contributed by atoms with Crippen LogP contribution in [0.15, 0.2) is 84.5 Å². The monoisotopic (exact) mass is 361 g/mol. The van der Waals surface area contributed by atoms with Gasteiger partial charge in [-0.25, -0.2) is 4.79 Å². The van der Waals surface area contributed by atoms with Crippen LogP contribution >= 0.6 is 0 Å². The van der Waals surface area contributed by atoms with Crippen molar-refractivity contribution in [3.63, 3.8) is 0 Å². The van der Waals surface area contributed by atoms with E-state index < -0.39 is 5.97 Å². The van der Waals surface area contributed by atoms with Gasteiger partial charge in [0.15, 0.2) is 0 Å². The maximum absolute atomic E-state index is 10.6. The number of carboxylic acids is 1. The second-order valence-corrected chi connectivity index (χ2v) is 7.13. The molecule has 3 nitrogen and oxygen atoms in total. The van der Waals surface area contributed by atoms with Crippen molar-refractivity contribution in [2.45, 2.75) is 44.8 Å². The Balaban J connectivity index is 1.67. The summed E-state index contributed by atoms with van der Waals surface area (Å²) in [5, 5.41) is 8.72. The quantitative estimate of drug-likeness (QED) is 0.689. The topological polar surface area (TPSA) is 40.5 Å². The van der Waals surface area contributed by atoms with Crippen LogP contribution in [0.2, 0.25) is 0 Å². The average molecular weight is 361 g/mol. The fourth-order valence-electron chi connectivity index (χ4n) is 3.72. The molecular formula is C24H27NO2. The molecule has 0 spiro atoms. The summed E-state index contributed by atoms with van der Waals surface area (Å²) < 4.78 is 0.